The van der Waals surface area contributed by atoms with E-state index in [9.17, 15) is 22.4 Å². The first-order valence-corrected chi connectivity index (χ1v) is 13.0. The van der Waals surface area contributed by atoms with E-state index in [1.165, 1.54) is 23.1 Å². The Labute approximate surface area is 205 Å². The molecule has 34 heavy (non-hydrogen) atoms. The number of nitrogens with zero attached hydrogens (tertiary/aromatic N) is 2. The van der Waals surface area contributed by atoms with E-state index in [0.29, 0.717) is 21.3 Å². The number of anilines is 1. The van der Waals surface area contributed by atoms with Gasteiger partial charge in [0, 0.05) is 17.1 Å². The van der Waals surface area contributed by atoms with E-state index < -0.39 is 39.9 Å². The van der Waals surface area contributed by atoms with Crippen LogP contribution in [0, 0.1) is 5.82 Å². The zero-order valence-corrected chi connectivity index (χ0v) is 21.6. The average Bonchev–Trinajstić information content (AvgIpc) is 2.71. The van der Waals surface area contributed by atoms with Gasteiger partial charge in [-0.25, -0.2) is 12.8 Å². The summed E-state index contributed by atoms with van der Waals surface area (Å²) in [6, 6.07) is 11.2. The van der Waals surface area contributed by atoms with Gasteiger partial charge in [0.15, 0.2) is 0 Å². The Bertz CT molecular complexity index is 1120. The van der Waals surface area contributed by atoms with Crippen molar-refractivity contribution in [3.8, 4) is 0 Å². The molecule has 0 fully saturated rings. The van der Waals surface area contributed by atoms with Gasteiger partial charge in [-0.1, -0.05) is 42.8 Å². The van der Waals surface area contributed by atoms with Crippen molar-refractivity contribution < 1.29 is 22.4 Å². The molecule has 0 radical (unpaired) electrons. The molecule has 2 aromatic carbocycles. The first kappa shape index (κ1) is 27.6. The van der Waals surface area contributed by atoms with Crippen molar-refractivity contribution in [3.63, 3.8) is 0 Å². The molecule has 0 aromatic heterocycles. The second kappa shape index (κ2) is 11.2. The Morgan fingerprint density at radius 3 is 2.18 bits per heavy atom. The molecule has 0 heterocycles. The zero-order chi connectivity index (χ0) is 25.7. The number of nitrogens with one attached hydrogen (secondary N) is 1. The molecule has 7 nitrogen and oxygen atoms in total. The van der Waals surface area contributed by atoms with Gasteiger partial charge in [0.25, 0.3) is 0 Å². The molecule has 0 unspecified atom stereocenters. The van der Waals surface area contributed by atoms with E-state index in [-0.39, 0.29) is 18.1 Å². The van der Waals surface area contributed by atoms with Gasteiger partial charge in [0.2, 0.25) is 21.8 Å². The van der Waals surface area contributed by atoms with E-state index >= 15 is 0 Å². The minimum atomic E-state index is -4.00. The molecule has 1 atom stereocenters. The molecule has 2 amide bonds. The van der Waals surface area contributed by atoms with Gasteiger partial charge in [-0.05, 0) is 57.0 Å². The lowest BCUT2D eigenvalue weighted by molar-refractivity contribution is -0.141. The number of carbonyl (C=O) groups is 2. The molecule has 2 rings (SSSR count). The Balaban J connectivity index is 2.46. The molecule has 1 N–H and O–H groups in total. The summed E-state index contributed by atoms with van der Waals surface area (Å²) in [7, 11) is -4.00. The van der Waals surface area contributed by atoms with Crippen molar-refractivity contribution in [1.29, 1.82) is 0 Å². The lowest BCUT2D eigenvalue weighted by Crippen LogP contribution is -2.55. The van der Waals surface area contributed by atoms with Gasteiger partial charge in [-0.2, -0.15) is 0 Å². The molecule has 0 aliphatic carbocycles. The molecule has 0 saturated carbocycles. The van der Waals surface area contributed by atoms with Crippen molar-refractivity contribution in [2.45, 2.75) is 52.2 Å². The Hall–Kier alpha value is -2.65. The van der Waals surface area contributed by atoms with Crippen LogP contribution in [0.15, 0.2) is 48.5 Å². The molecule has 0 bridgehead atoms. The van der Waals surface area contributed by atoms with Crippen LogP contribution in [0.1, 0.15) is 39.7 Å². The van der Waals surface area contributed by atoms with Crippen LogP contribution < -0.4 is 9.62 Å². The summed E-state index contributed by atoms with van der Waals surface area (Å²) in [5.74, 6) is -1.78. The van der Waals surface area contributed by atoms with Crippen LogP contribution in [-0.2, 0) is 26.2 Å². The van der Waals surface area contributed by atoms with Crippen LogP contribution in [-0.4, -0.2) is 49.5 Å². The first-order chi connectivity index (χ1) is 15.7. The van der Waals surface area contributed by atoms with Crippen molar-refractivity contribution in [1.82, 2.24) is 10.2 Å². The topological polar surface area (TPSA) is 86.8 Å². The smallest absolute Gasteiger partial charge is 0.244 e. The average molecular weight is 512 g/mol. The van der Waals surface area contributed by atoms with Crippen LogP contribution in [0.3, 0.4) is 0 Å². The fourth-order valence-corrected chi connectivity index (χ4v) is 4.38. The second-order valence-corrected chi connectivity index (χ2v) is 11.4. The van der Waals surface area contributed by atoms with Gasteiger partial charge in [0.1, 0.15) is 18.4 Å². The van der Waals surface area contributed by atoms with Crippen LogP contribution in [0.2, 0.25) is 5.02 Å². The highest BCUT2D eigenvalue weighted by Crippen LogP contribution is 2.23. The summed E-state index contributed by atoms with van der Waals surface area (Å²) < 4.78 is 40.1. The number of rotatable bonds is 9. The van der Waals surface area contributed by atoms with Crippen molar-refractivity contribution in [2.24, 2.45) is 0 Å². The zero-order valence-electron chi connectivity index (χ0n) is 20.0. The number of hydrogen-bond donors (Lipinski definition) is 1. The van der Waals surface area contributed by atoms with Crippen LogP contribution in [0.5, 0.6) is 0 Å². The fourth-order valence-electron chi connectivity index (χ4n) is 3.41. The number of carbonyl (C=O) groups excluding carboxylic acids is 2. The second-order valence-electron chi connectivity index (χ2n) is 9.03. The third-order valence-corrected chi connectivity index (χ3v) is 6.33. The van der Waals surface area contributed by atoms with E-state index in [1.807, 2.05) is 20.8 Å². The molecular weight excluding hydrogens is 481 g/mol. The molecule has 0 aliphatic rings. The van der Waals surface area contributed by atoms with Crippen molar-refractivity contribution in [3.05, 3.63) is 64.9 Å². The van der Waals surface area contributed by atoms with E-state index in [1.54, 1.807) is 31.2 Å². The van der Waals surface area contributed by atoms with Crippen LogP contribution in [0.4, 0.5) is 10.1 Å². The van der Waals surface area contributed by atoms with Gasteiger partial charge in [0.05, 0.1) is 11.9 Å². The highest BCUT2D eigenvalue weighted by Gasteiger charge is 2.33. The molecule has 0 saturated heterocycles. The van der Waals surface area contributed by atoms with Crippen molar-refractivity contribution in [2.75, 3.05) is 17.1 Å². The molecule has 186 valence electrons. The summed E-state index contributed by atoms with van der Waals surface area (Å²) >= 11 is 5.97. The maximum Gasteiger partial charge on any atom is 0.244 e. The summed E-state index contributed by atoms with van der Waals surface area (Å²) in [4.78, 5) is 27.9. The summed E-state index contributed by atoms with van der Waals surface area (Å²) in [6.45, 7) is 6.62. The number of benzene rings is 2. The largest absolute Gasteiger partial charge is 0.350 e. The summed E-state index contributed by atoms with van der Waals surface area (Å²) in [5.41, 5.74) is -0.0700. The maximum atomic E-state index is 14.4. The number of hydrogen-bond acceptors (Lipinski definition) is 4. The molecule has 0 aliphatic heterocycles. The number of sulfonamides is 1. The predicted molar refractivity (Wildman–Crippen MR) is 133 cm³/mol. The summed E-state index contributed by atoms with van der Waals surface area (Å²) in [6.07, 6.45) is 1.19. The predicted octanol–water partition coefficient (Wildman–Crippen LogP) is 3.97. The van der Waals surface area contributed by atoms with Gasteiger partial charge in [-0.3, -0.25) is 13.9 Å². The fraction of sp³-hybridized carbons (Fsp3) is 0.417. The monoisotopic (exact) mass is 511 g/mol. The highest BCUT2D eigenvalue weighted by atomic mass is 35.5. The Morgan fingerprint density at radius 1 is 1.09 bits per heavy atom. The Kier molecular flexibility index (Phi) is 9.08. The third kappa shape index (κ3) is 7.70. The molecule has 2 aromatic rings. The van der Waals surface area contributed by atoms with Gasteiger partial charge >= 0.3 is 0 Å². The van der Waals surface area contributed by atoms with Crippen LogP contribution in [0.25, 0.3) is 0 Å². The normalized spacial score (nSPS) is 12.7. The minimum absolute atomic E-state index is 0.0426. The highest BCUT2D eigenvalue weighted by molar-refractivity contribution is 7.92. The van der Waals surface area contributed by atoms with Crippen LogP contribution >= 0.6 is 11.6 Å². The lowest BCUT2D eigenvalue weighted by atomic mass is 10.1. The lowest BCUT2D eigenvalue weighted by Gasteiger charge is -2.34. The van der Waals surface area contributed by atoms with Gasteiger partial charge in [-0.15, -0.1) is 0 Å². The van der Waals surface area contributed by atoms with E-state index in [4.69, 9.17) is 11.6 Å². The number of halogens is 2. The molecule has 10 heteroatoms. The standard InChI is InChI=1S/C24H31ClFN3O4S/c1-6-20(23(31)27-24(2,3)4)28(15-17-11-13-18(25)14-12-17)22(30)16-29(34(5,32)33)21-10-8-7-9-19(21)26/h7-14,20H,6,15-16H2,1-5H3,(H,27,31)/t20-/m1/s1. The number of amides is 2. The minimum Gasteiger partial charge on any atom is -0.350 e. The summed E-state index contributed by atoms with van der Waals surface area (Å²) in [5, 5.41) is 3.39. The quantitative estimate of drug-likeness (QED) is 0.552. The number of para-hydroxylation sites is 1. The van der Waals surface area contributed by atoms with Gasteiger partial charge < -0.3 is 10.2 Å². The first-order valence-electron chi connectivity index (χ1n) is 10.8. The Morgan fingerprint density at radius 2 is 1.68 bits per heavy atom. The molecule has 0 spiro atoms. The van der Waals surface area contributed by atoms with E-state index in [2.05, 4.69) is 5.32 Å². The third-order valence-electron chi connectivity index (χ3n) is 4.95. The maximum absolute atomic E-state index is 14.4. The van der Waals surface area contributed by atoms with E-state index in [0.717, 1.165) is 12.3 Å². The SMILES string of the molecule is CC[C@H](C(=O)NC(C)(C)C)N(Cc1ccc(Cl)cc1)C(=O)CN(c1ccccc1F)S(C)(=O)=O. The molecular formula is C24H31ClFN3O4S. The van der Waals surface area contributed by atoms with Crippen molar-refractivity contribution >= 4 is 39.1 Å².